The van der Waals surface area contributed by atoms with Crippen LogP contribution in [-0.4, -0.2) is 37.9 Å². The Morgan fingerprint density at radius 3 is 2.65 bits per heavy atom. The fourth-order valence-electron chi connectivity index (χ4n) is 3.35. The van der Waals surface area contributed by atoms with Gasteiger partial charge >= 0.3 is 0 Å². The van der Waals surface area contributed by atoms with Crippen molar-refractivity contribution >= 4 is 11.8 Å². The third-order valence-corrected chi connectivity index (χ3v) is 4.72. The summed E-state index contributed by atoms with van der Waals surface area (Å²) in [7, 11) is 0. The van der Waals surface area contributed by atoms with E-state index in [1.165, 1.54) is 5.56 Å². The average molecular weight is 346 g/mol. The summed E-state index contributed by atoms with van der Waals surface area (Å²) in [4.78, 5) is 20.0. The topological polar surface area (TPSA) is 66.8 Å². The number of piperidine rings is 1. The standard InChI is InChI=1S/C20H22N6/c1-2-10-22-19(5-1)25-20-23-11-6-18(24-20)17-7-12-26(13-8-17)15-16-4-3-9-21-14-16/h1-6,9-11,14,17H,7-8,12-13,15H2,(H,22,23,24,25). The third kappa shape index (κ3) is 4.21. The lowest BCUT2D eigenvalue weighted by molar-refractivity contribution is 0.203. The predicted molar refractivity (Wildman–Crippen MR) is 101 cm³/mol. The Morgan fingerprint density at radius 1 is 0.962 bits per heavy atom. The number of anilines is 2. The molecule has 132 valence electrons. The van der Waals surface area contributed by atoms with Crippen molar-refractivity contribution in [3.05, 3.63) is 72.4 Å². The summed E-state index contributed by atoms with van der Waals surface area (Å²) in [5, 5.41) is 3.17. The fraction of sp³-hybridized carbons (Fsp3) is 0.300. The summed E-state index contributed by atoms with van der Waals surface area (Å²) in [5.74, 6) is 1.85. The Morgan fingerprint density at radius 2 is 1.88 bits per heavy atom. The van der Waals surface area contributed by atoms with Crippen molar-refractivity contribution in [1.29, 1.82) is 0 Å². The fourth-order valence-corrected chi connectivity index (χ4v) is 3.35. The van der Waals surface area contributed by atoms with Crippen LogP contribution >= 0.6 is 0 Å². The summed E-state index contributed by atoms with van der Waals surface area (Å²) < 4.78 is 0. The molecule has 1 aliphatic heterocycles. The van der Waals surface area contributed by atoms with Crippen molar-refractivity contribution in [3.8, 4) is 0 Å². The van der Waals surface area contributed by atoms with Crippen molar-refractivity contribution < 1.29 is 0 Å². The van der Waals surface area contributed by atoms with Gasteiger partial charge in [-0.15, -0.1) is 0 Å². The van der Waals surface area contributed by atoms with E-state index in [4.69, 9.17) is 4.98 Å². The molecule has 0 unspecified atom stereocenters. The van der Waals surface area contributed by atoms with Crippen LogP contribution in [0.5, 0.6) is 0 Å². The molecule has 0 saturated carbocycles. The van der Waals surface area contributed by atoms with E-state index in [-0.39, 0.29) is 0 Å². The van der Waals surface area contributed by atoms with Crippen LogP contribution in [0.15, 0.2) is 61.2 Å². The zero-order valence-corrected chi connectivity index (χ0v) is 14.6. The van der Waals surface area contributed by atoms with Crippen LogP contribution in [-0.2, 0) is 6.54 Å². The molecule has 1 saturated heterocycles. The minimum absolute atomic E-state index is 0.479. The number of hydrogen-bond acceptors (Lipinski definition) is 6. The molecule has 26 heavy (non-hydrogen) atoms. The molecule has 0 bridgehead atoms. The minimum Gasteiger partial charge on any atom is -0.309 e. The van der Waals surface area contributed by atoms with Gasteiger partial charge in [0.05, 0.1) is 0 Å². The van der Waals surface area contributed by atoms with Gasteiger partial charge in [0.25, 0.3) is 0 Å². The maximum atomic E-state index is 4.71. The van der Waals surface area contributed by atoms with Crippen LogP contribution < -0.4 is 5.32 Å². The molecule has 0 radical (unpaired) electrons. The molecule has 0 spiro atoms. The van der Waals surface area contributed by atoms with Gasteiger partial charge in [0.2, 0.25) is 5.95 Å². The Bertz CT molecular complexity index is 816. The van der Waals surface area contributed by atoms with Crippen LogP contribution in [0.1, 0.15) is 30.0 Å². The molecule has 0 atom stereocenters. The molecule has 1 N–H and O–H groups in total. The van der Waals surface area contributed by atoms with Gasteiger partial charge in [-0.2, -0.15) is 0 Å². The number of hydrogen-bond donors (Lipinski definition) is 1. The van der Waals surface area contributed by atoms with Crippen molar-refractivity contribution in [2.45, 2.75) is 25.3 Å². The van der Waals surface area contributed by atoms with E-state index in [0.29, 0.717) is 11.9 Å². The minimum atomic E-state index is 0.479. The molecule has 0 aliphatic carbocycles. The number of nitrogens with zero attached hydrogens (tertiary/aromatic N) is 5. The van der Waals surface area contributed by atoms with Gasteiger partial charge in [-0.05, 0) is 55.8 Å². The molecule has 6 nitrogen and oxygen atoms in total. The van der Waals surface area contributed by atoms with Crippen LogP contribution in [0, 0.1) is 0 Å². The number of rotatable bonds is 5. The molecule has 1 fully saturated rings. The number of pyridine rings is 2. The highest BCUT2D eigenvalue weighted by atomic mass is 15.1. The SMILES string of the molecule is c1ccc(Nc2nccc(C3CCN(Cc4cccnc4)CC3)n2)nc1. The second-order valence-corrected chi connectivity index (χ2v) is 6.56. The number of nitrogens with one attached hydrogen (secondary N) is 1. The second kappa shape index (κ2) is 8.01. The smallest absolute Gasteiger partial charge is 0.228 e. The van der Waals surface area contributed by atoms with Crippen LogP contribution in [0.3, 0.4) is 0 Å². The van der Waals surface area contributed by atoms with Gasteiger partial charge in [0.1, 0.15) is 5.82 Å². The first kappa shape index (κ1) is 16.6. The van der Waals surface area contributed by atoms with Crippen LogP contribution in [0.2, 0.25) is 0 Å². The van der Waals surface area contributed by atoms with E-state index in [9.17, 15) is 0 Å². The molecule has 4 heterocycles. The molecule has 3 aromatic heterocycles. The van der Waals surface area contributed by atoms with E-state index in [1.54, 1.807) is 6.20 Å². The van der Waals surface area contributed by atoms with Gasteiger partial charge in [-0.3, -0.25) is 9.88 Å². The first-order chi connectivity index (χ1) is 12.9. The molecular formula is C20H22N6. The molecule has 1 aliphatic rings. The molecule has 0 aromatic carbocycles. The highest BCUT2D eigenvalue weighted by Crippen LogP contribution is 2.28. The van der Waals surface area contributed by atoms with Crippen LogP contribution in [0.4, 0.5) is 11.8 Å². The molecular weight excluding hydrogens is 324 g/mol. The Labute approximate surface area is 153 Å². The second-order valence-electron chi connectivity index (χ2n) is 6.56. The van der Waals surface area contributed by atoms with Crippen LogP contribution in [0.25, 0.3) is 0 Å². The Hall–Kier alpha value is -2.86. The Kier molecular flexibility index (Phi) is 5.12. The van der Waals surface area contributed by atoms with Gasteiger partial charge < -0.3 is 5.32 Å². The van der Waals surface area contributed by atoms with E-state index >= 15 is 0 Å². The maximum absolute atomic E-state index is 4.71. The quantitative estimate of drug-likeness (QED) is 0.764. The summed E-state index contributed by atoms with van der Waals surface area (Å²) >= 11 is 0. The van der Waals surface area contributed by atoms with E-state index < -0.39 is 0 Å². The molecule has 0 amide bonds. The lowest BCUT2D eigenvalue weighted by atomic mass is 9.93. The summed E-state index contributed by atoms with van der Waals surface area (Å²) in [6.07, 6.45) is 9.58. The molecule has 3 aromatic rings. The monoisotopic (exact) mass is 346 g/mol. The van der Waals surface area contributed by atoms with Crippen molar-refractivity contribution in [2.75, 3.05) is 18.4 Å². The highest BCUT2D eigenvalue weighted by molar-refractivity contribution is 5.46. The number of aromatic nitrogens is 4. The number of likely N-dealkylation sites (tertiary alicyclic amines) is 1. The average Bonchev–Trinajstić information content (AvgIpc) is 2.70. The molecule has 6 heteroatoms. The van der Waals surface area contributed by atoms with Gasteiger partial charge in [-0.25, -0.2) is 15.0 Å². The lowest BCUT2D eigenvalue weighted by Gasteiger charge is -2.31. The van der Waals surface area contributed by atoms with Crippen molar-refractivity contribution in [2.24, 2.45) is 0 Å². The summed E-state index contributed by atoms with van der Waals surface area (Å²) in [6, 6.07) is 11.9. The van der Waals surface area contributed by atoms with E-state index in [1.807, 2.05) is 48.9 Å². The largest absolute Gasteiger partial charge is 0.309 e. The molecule has 4 rings (SSSR count). The zero-order valence-electron chi connectivity index (χ0n) is 14.6. The first-order valence-electron chi connectivity index (χ1n) is 8.99. The van der Waals surface area contributed by atoms with Crippen molar-refractivity contribution in [1.82, 2.24) is 24.8 Å². The Balaban J connectivity index is 1.36. The first-order valence-corrected chi connectivity index (χ1v) is 8.99. The van der Waals surface area contributed by atoms with Gasteiger partial charge in [-0.1, -0.05) is 12.1 Å². The predicted octanol–water partition coefficient (Wildman–Crippen LogP) is 3.39. The maximum Gasteiger partial charge on any atom is 0.228 e. The van der Waals surface area contributed by atoms with Gasteiger partial charge in [0, 0.05) is 42.9 Å². The normalized spacial score (nSPS) is 15.7. The third-order valence-electron chi connectivity index (χ3n) is 4.72. The summed E-state index contributed by atoms with van der Waals surface area (Å²) in [6.45, 7) is 3.12. The zero-order chi connectivity index (χ0) is 17.6. The van der Waals surface area contributed by atoms with Gasteiger partial charge in [0.15, 0.2) is 0 Å². The lowest BCUT2D eigenvalue weighted by Crippen LogP contribution is -2.32. The van der Waals surface area contributed by atoms with Crippen molar-refractivity contribution in [3.63, 3.8) is 0 Å². The highest BCUT2D eigenvalue weighted by Gasteiger charge is 2.22. The van der Waals surface area contributed by atoms with E-state index in [2.05, 4.69) is 31.2 Å². The summed E-state index contributed by atoms with van der Waals surface area (Å²) in [5.41, 5.74) is 2.38. The van der Waals surface area contributed by atoms with E-state index in [0.717, 1.165) is 44.0 Å².